The third-order valence-electron chi connectivity index (χ3n) is 11.9. The number of nitrogens with one attached hydrogen (secondary N) is 1. The molecule has 0 saturated heterocycles. The van der Waals surface area contributed by atoms with Gasteiger partial charge in [-0.15, -0.1) is 0 Å². The number of carbonyl (C=O) groups is 2. The molecule has 0 aliphatic carbocycles. The van der Waals surface area contributed by atoms with Crippen LogP contribution in [0.1, 0.15) is 265 Å². The number of aliphatic hydroxyl groups excluding tert-OH is 2. The van der Waals surface area contributed by atoms with Gasteiger partial charge in [-0.25, -0.2) is 0 Å². The fourth-order valence-electron chi connectivity index (χ4n) is 7.84. The molecular formula is C55H101NO5. The Morgan fingerprint density at radius 3 is 1.33 bits per heavy atom. The van der Waals surface area contributed by atoms with Crippen LogP contribution in [0.3, 0.4) is 0 Å². The number of rotatable bonds is 47. The minimum atomic E-state index is -0.793. The summed E-state index contributed by atoms with van der Waals surface area (Å²) in [5.74, 6) is -0.496. The van der Waals surface area contributed by atoms with E-state index in [0.717, 1.165) is 83.5 Å². The molecule has 3 N–H and O–H groups in total. The molecule has 61 heavy (non-hydrogen) atoms. The molecule has 0 aromatic rings. The van der Waals surface area contributed by atoms with Gasteiger partial charge in [0.25, 0.3) is 0 Å². The first-order chi connectivity index (χ1) is 30.0. The number of unbranched alkanes of at least 4 members (excludes halogenated alkanes) is 27. The number of amides is 1. The van der Waals surface area contributed by atoms with E-state index in [0.29, 0.717) is 19.3 Å². The van der Waals surface area contributed by atoms with Gasteiger partial charge in [0.2, 0.25) is 5.91 Å². The molecule has 3 unspecified atom stereocenters. The van der Waals surface area contributed by atoms with E-state index in [1.165, 1.54) is 135 Å². The summed E-state index contributed by atoms with van der Waals surface area (Å²) in [5, 5.41) is 23.7. The van der Waals surface area contributed by atoms with Crippen LogP contribution >= 0.6 is 0 Å². The predicted molar refractivity (Wildman–Crippen MR) is 264 cm³/mol. The smallest absolute Gasteiger partial charge is 0.306 e. The van der Waals surface area contributed by atoms with Crippen LogP contribution in [-0.4, -0.2) is 46.9 Å². The van der Waals surface area contributed by atoms with E-state index in [9.17, 15) is 19.8 Å². The van der Waals surface area contributed by atoms with Crippen molar-refractivity contribution >= 4 is 11.9 Å². The second kappa shape index (κ2) is 48.8. The molecule has 1 amide bonds. The van der Waals surface area contributed by atoms with Crippen molar-refractivity contribution in [1.29, 1.82) is 0 Å². The minimum Gasteiger partial charge on any atom is -0.462 e. The lowest BCUT2D eigenvalue weighted by atomic mass is 10.0. The normalized spacial score (nSPS) is 13.6. The molecule has 0 rings (SSSR count). The summed E-state index contributed by atoms with van der Waals surface area (Å²) in [6, 6.07) is -0.708. The number of hydrogen-bond donors (Lipinski definition) is 3. The van der Waals surface area contributed by atoms with Crippen molar-refractivity contribution in [1.82, 2.24) is 5.32 Å². The lowest BCUT2D eigenvalue weighted by Crippen LogP contribution is -2.46. The maximum absolute atomic E-state index is 13.2. The Hall–Kier alpha value is -2.18. The molecule has 0 fully saturated rings. The van der Waals surface area contributed by atoms with Crippen LogP contribution in [-0.2, 0) is 14.3 Å². The van der Waals surface area contributed by atoms with Gasteiger partial charge in [-0.1, -0.05) is 211 Å². The summed E-state index contributed by atoms with van der Waals surface area (Å²) >= 11 is 0. The number of allylic oxidation sites excluding steroid dienone is 8. The van der Waals surface area contributed by atoms with Crippen molar-refractivity contribution in [3.05, 3.63) is 48.6 Å². The first kappa shape index (κ1) is 58.8. The van der Waals surface area contributed by atoms with Crippen molar-refractivity contribution in [2.75, 3.05) is 6.61 Å². The quantitative estimate of drug-likeness (QED) is 0.0322. The molecule has 0 aromatic carbocycles. The van der Waals surface area contributed by atoms with Gasteiger partial charge in [0.15, 0.2) is 0 Å². The highest BCUT2D eigenvalue weighted by Crippen LogP contribution is 2.17. The minimum absolute atomic E-state index is 0.0617. The van der Waals surface area contributed by atoms with Gasteiger partial charge in [-0.2, -0.15) is 0 Å². The van der Waals surface area contributed by atoms with Crippen LogP contribution in [0.2, 0.25) is 0 Å². The van der Waals surface area contributed by atoms with Gasteiger partial charge >= 0.3 is 5.97 Å². The van der Waals surface area contributed by atoms with E-state index in [2.05, 4.69) is 74.7 Å². The average Bonchev–Trinajstić information content (AvgIpc) is 3.25. The maximum atomic E-state index is 13.2. The standard InChI is InChI=1S/C55H101NO5/c1-4-7-10-13-16-19-22-24-26-27-29-30-32-34-37-40-43-46-51(61-55(60)48-45-42-39-36-33-31-28-25-23-20-17-14-11-8-5-2)49-54(59)56-52(50-57)53(58)47-44-41-38-35-21-18-15-12-9-6-3/h16,19-20,23-24,26,29-30,51-53,57-58H,4-15,17-18,21-22,25,27-28,31-50H2,1-3H3,(H,56,59)/b19-16-,23-20-,26-24-,30-29-. The van der Waals surface area contributed by atoms with E-state index in [1.807, 2.05) is 0 Å². The van der Waals surface area contributed by atoms with E-state index in [4.69, 9.17) is 4.74 Å². The molecule has 0 spiro atoms. The zero-order valence-electron chi connectivity index (χ0n) is 40.5. The van der Waals surface area contributed by atoms with Gasteiger partial charge in [-0.3, -0.25) is 9.59 Å². The van der Waals surface area contributed by atoms with Crippen molar-refractivity contribution in [3.63, 3.8) is 0 Å². The van der Waals surface area contributed by atoms with Crippen LogP contribution in [0, 0.1) is 0 Å². The first-order valence-corrected chi connectivity index (χ1v) is 26.4. The molecule has 356 valence electrons. The molecular weight excluding hydrogens is 755 g/mol. The summed E-state index contributed by atoms with van der Waals surface area (Å²) in [4.78, 5) is 26.2. The van der Waals surface area contributed by atoms with Crippen LogP contribution in [0.25, 0.3) is 0 Å². The summed E-state index contributed by atoms with van der Waals surface area (Å²) in [5.41, 5.74) is 0. The van der Waals surface area contributed by atoms with Crippen LogP contribution < -0.4 is 5.32 Å². The summed E-state index contributed by atoms with van der Waals surface area (Å²) in [6.45, 7) is 6.43. The highest BCUT2D eigenvalue weighted by Gasteiger charge is 2.24. The van der Waals surface area contributed by atoms with Crippen LogP contribution in [0.4, 0.5) is 0 Å². The zero-order chi connectivity index (χ0) is 44.5. The third kappa shape index (κ3) is 44.2. The second-order valence-electron chi connectivity index (χ2n) is 17.9. The molecule has 6 heteroatoms. The highest BCUT2D eigenvalue weighted by atomic mass is 16.5. The molecule has 0 aromatic heterocycles. The monoisotopic (exact) mass is 856 g/mol. The van der Waals surface area contributed by atoms with Crippen molar-refractivity contribution in [2.24, 2.45) is 0 Å². The predicted octanol–water partition coefficient (Wildman–Crippen LogP) is 15.8. The second-order valence-corrected chi connectivity index (χ2v) is 17.9. The fourth-order valence-corrected chi connectivity index (χ4v) is 7.84. The number of ether oxygens (including phenoxy) is 1. The van der Waals surface area contributed by atoms with Crippen molar-refractivity contribution in [2.45, 2.75) is 283 Å². The SMILES string of the molecule is CCCCC/C=C\C/C=C\C/C=C\CCCCCCC(CC(=O)NC(CO)C(O)CCCCCCCCCCCC)OC(=O)CCCCCCCCC/C=C\CCCCCC. The molecule has 0 radical (unpaired) electrons. The van der Waals surface area contributed by atoms with E-state index < -0.39 is 18.2 Å². The van der Waals surface area contributed by atoms with E-state index in [1.54, 1.807) is 0 Å². The van der Waals surface area contributed by atoms with Crippen LogP contribution in [0.15, 0.2) is 48.6 Å². The summed E-state index contributed by atoms with van der Waals surface area (Å²) in [7, 11) is 0. The van der Waals surface area contributed by atoms with Gasteiger partial charge in [0.05, 0.1) is 25.2 Å². The molecule has 6 nitrogen and oxygen atoms in total. The highest BCUT2D eigenvalue weighted by molar-refractivity contribution is 5.77. The Balaban J connectivity index is 4.63. The third-order valence-corrected chi connectivity index (χ3v) is 11.9. The molecule has 0 heterocycles. The molecule has 3 atom stereocenters. The number of carbonyl (C=O) groups excluding carboxylic acids is 2. The van der Waals surface area contributed by atoms with E-state index in [-0.39, 0.29) is 24.9 Å². The first-order valence-electron chi connectivity index (χ1n) is 26.4. The Bertz CT molecular complexity index is 1050. The van der Waals surface area contributed by atoms with Gasteiger partial charge in [-0.05, 0) is 89.9 Å². The van der Waals surface area contributed by atoms with Crippen LogP contribution in [0.5, 0.6) is 0 Å². The van der Waals surface area contributed by atoms with Gasteiger partial charge in [0.1, 0.15) is 6.10 Å². The van der Waals surface area contributed by atoms with Crippen molar-refractivity contribution < 1.29 is 24.5 Å². The van der Waals surface area contributed by atoms with Gasteiger partial charge < -0.3 is 20.3 Å². The Morgan fingerprint density at radius 2 is 0.836 bits per heavy atom. The fraction of sp³-hybridized carbons (Fsp3) is 0.818. The number of hydrogen-bond acceptors (Lipinski definition) is 5. The maximum Gasteiger partial charge on any atom is 0.306 e. The Morgan fingerprint density at radius 1 is 0.475 bits per heavy atom. The lowest BCUT2D eigenvalue weighted by molar-refractivity contribution is -0.151. The number of esters is 1. The average molecular weight is 856 g/mol. The topological polar surface area (TPSA) is 95.9 Å². The molecule has 0 saturated carbocycles. The lowest BCUT2D eigenvalue weighted by Gasteiger charge is -2.24. The summed E-state index contributed by atoms with van der Waals surface area (Å²) in [6.07, 6.45) is 58.8. The zero-order valence-corrected chi connectivity index (χ0v) is 40.5. The summed E-state index contributed by atoms with van der Waals surface area (Å²) < 4.78 is 5.93. The van der Waals surface area contributed by atoms with Crippen molar-refractivity contribution in [3.8, 4) is 0 Å². The Kier molecular flexibility index (Phi) is 47.1. The largest absolute Gasteiger partial charge is 0.462 e. The Labute approximate surface area is 378 Å². The van der Waals surface area contributed by atoms with Gasteiger partial charge in [0, 0.05) is 6.42 Å². The number of aliphatic hydroxyl groups is 2. The molecule has 0 aliphatic rings. The molecule has 0 aliphatic heterocycles. The van der Waals surface area contributed by atoms with E-state index >= 15 is 0 Å². The molecule has 0 bridgehead atoms.